The molecule has 0 unspecified atom stereocenters. The Bertz CT molecular complexity index is 623. The molecule has 0 fully saturated rings. The topological polar surface area (TPSA) is 42.2 Å². The van der Waals surface area contributed by atoms with E-state index in [4.69, 9.17) is 5.11 Å². The summed E-state index contributed by atoms with van der Waals surface area (Å²) in [5, 5.41) is 10.3. The van der Waals surface area contributed by atoms with Gasteiger partial charge >= 0.3 is 5.97 Å². The van der Waals surface area contributed by atoms with Crippen molar-refractivity contribution in [1.29, 1.82) is 0 Å². The highest BCUT2D eigenvalue weighted by atomic mass is 16.4. The van der Waals surface area contributed by atoms with Crippen LogP contribution in [-0.4, -0.2) is 15.6 Å². The van der Waals surface area contributed by atoms with Crippen molar-refractivity contribution in [2.24, 2.45) is 7.05 Å². The van der Waals surface area contributed by atoms with Gasteiger partial charge in [-0.25, -0.2) is 0 Å². The van der Waals surface area contributed by atoms with Gasteiger partial charge in [0.05, 0.1) is 11.9 Å². The van der Waals surface area contributed by atoms with E-state index in [0.717, 1.165) is 12.0 Å². The summed E-state index contributed by atoms with van der Waals surface area (Å²) < 4.78 is 2.12. The van der Waals surface area contributed by atoms with Crippen LogP contribution in [0.5, 0.6) is 0 Å². The van der Waals surface area contributed by atoms with Gasteiger partial charge in [-0.15, -0.1) is 0 Å². The van der Waals surface area contributed by atoms with Crippen LogP contribution in [-0.2, 0) is 23.7 Å². The number of hydrogen-bond donors (Lipinski definition) is 1. The lowest BCUT2D eigenvalue weighted by atomic mass is 9.81. The Kier molecular flexibility index (Phi) is 3.40. The molecule has 3 heteroatoms. The van der Waals surface area contributed by atoms with E-state index < -0.39 is 5.97 Å². The minimum absolute atomic E-state index is 0.141. The zero-order valence-electron chi connectivity index (χ0n) is 12.0. The van der Waals surface area contributed by atoms with Crippen LogP contribution in [0.2, 0.25) is 0 Å². The van der Waals surface area contributed by atoms with E-state index in [1.165, 1.54) is 16.5 Å². The maximum Gasteiger partial charge on any atom is 0.304 e. The number of rotatable bonds is 4. The molecule has 1 N–H and O–H groups in total. The highest BCUT2D eigenvalue weighted by molar-refractivity contribution is 5.88. The molecule has 0 bridgehead atoms. The number of aromatic nitrogens is 1. The molecule has 2 aromatic rings. The maximum absolute atomic E-state index is 11.0. The number of carboxylic acids is 1. The lowest BCUT2D eigenvalue weighted by Crippen LogP contribution is -2.21. The summed E-state index contributed by atoms with van der Waals surface area (Å²) in [4.78, 5) is 11.0. The first kappa shape index (κ1) is 13.7. The number of hydrogen-bond acceptors (Lipinski definition) is 1. The number of para-hydroxylation sites is 1. The molecule has 0 atom stereocenters. The Balaban J connectivity index is 2.66. The van der Waals surface area contributed by atoms with E-state index in [9.17, 15) is 4.79 Å². The van der Waals surface area contributed by atoms with Crippen LogP contribution < -0.4 is 0 Å². The molecule has 1 aromatic carbocycles. The average Bonchev–Trinajstić information content (AvgIpc) is 2.66. The minimum Gasteiger partial charge on any atom is -0.481 e. The number of carboxylic acid groups (broad SMARTS) is 1. The zero-order chi connectivity index (χ0) is 14.2. The zero-order valence-corrected chi connectivity index (χ0v) is 12.0. The first-order chi connectivity index (χ1) is 8.86. The molecule has 102 valence electrons. The van der Waals surface area contributed by atoms with E-state index in [1.54, 1.807) is 0 Å². The second-order valence-corrected chi connectivity index (χ2v) is 5.77. The molecule has 0 radical (unpaired) electrons. The minimum atomic E-state index is -0.756. The monoisotopic (exact) mass is 259 g/mol. The van der Waals surface area contributed by atoms with E-state index in [1.807, 2.05) is 20.9 Å². The maximum atomic E-state index is 11.0. The predicted molar refractivity (Wildman–Crippen MR) is 77.6 cm³/mol. The fourth-order valence-electron chi connectivity index (χ4n) is 2.85. The summed E-state index contributed by atoms with van der Waals surface area (Å²) in [5.74, 6) is -0.756. The Hall–Kier alpha value is -1.77. The van der Waals surface area contributed by atoms with Gasteiger partial charge in [0.1, 0.15) is 0 Å². The Labute approximate surface area is 113 Å². The quantitative estimate of drug-likeness (QED) is 0.913. The van der Waals surface area contributed by atoms with E-state index >= 15 is 0 Å². The predicted octanol–water partition coefficient (Wildman–Crippen LogP) is 3.49. The first-order valence-electron chi connectivity index (χ1n) is 6.66. The second-order valence-electron chi connectivity index (χ2n) is 5.77. The third-order valence-electron chi connectivity index (χ3n) is 3.79. The third-order valence-corrected chi connectivity index (χ3v) is 3.79. The lowest BCUT2D eigenvalue weighted by Gasteiger charge is -2.22. The number of aliphatic carboxylic acids is 1. The Morgan fingerprint density at radius 1 is 1.37 bits per heavy atom. The second kappa shape index (κ2) is 4.72. The van der Waals surface area contributed by atoms with Gasteiger partial charge in [0, 0.05) is 24.0 Å². The van der Waals surface area contributed by atoms with Gasteiger partial charge in [0.15, 0.2) is 0 Å². The van der Waals surface area contributed by atoms with Gasteiger partial charge in [-0.3, -0.25) is 4.79 Å². The molecule has 0 aliphatic heterocycles. The molecule has 1 aromatic heterocycles. The van der Waals surface area contributed by atoms with Crippen molar-refractivity contribution in [3.63, 3.8) is 0 Å². The molecule has 0 saturated carbocycles. The van der Waals surface area contributed by atoms with Gasteiger partial charge in [-0.2, -0.15) is 0 Å². The van der Waals surface area contributed by atoms with Crippen LogP contribution in [0.4, 0.5) is 0 Å². The highest BCUT2D eigenvalue weighted by Crippen LogP contribution is 2.35. The van der Waals surface area contributed by atoms with Gasteiger partial charge in [-0.1, -0.05) is 39.0 Å². The molecular weight excluding hydrogens is 238 g/mol. The van der Waals surface area contributed by atoms with Gasteiger partial charge in [0.2, 0.25) is 0 Å². The van der Waals surface area contributed by atoms with Gasteiger partial charge in [0.25, 0.3) is 0 Å². The van der Waals surface area contributed by atoms with Crippen LogP contribution in [0, 0.1) is 0 Å². The van der Waals surface area contributed by atoms with Crippen LogP contribution in [0.25, 0.3) is 10.9 Å². The summed E-state index contributed by atoms with van der Waals surface area (Å²) in [6.07, 6.45) is 3.20. The van der Waals surface area contributed by atoms with Crippen molar-refractivity contribution in [3.8, 4) is 0 Å². The Morgan fingerprint density at radius 2 is 2.05 bits per heavy atom. The summed E-state index contributed by atoms with van der Waals surface area (Å²) in [5.41, 5.74) is 3.27. The smallest absolute Gasteiger partial charge is 0.304 e. The van der Waals surface area contributed by atoms with Crippen LogP contribution in [0.3, 0.4) is 0 Å². The van der Waals surface area contributed by atoms with Crippen molar-refractivity contribution >= 4 is 16.9 Å². The molecule has 0 saturated heterocycles. The normalized spacial score (nSPS) is 12.0. The SMILES string of the molecule is CCc1cccc2c(C(C)(C)CC(=O)O)cn(C)c12. The first-order valence-corrected chi connectivity index (χ1v) is 6.66. The van der Waals surface area contributed by atoms with Gasteiger partial charge < -0.3 is 9.67 Å². The Morgan fingerprint density at radius 3 is 2.63 bits per heavy atom. The number of aryl methyl sites for hydroxylation is 2. The van der Waals surface area contributed by atoms with Crippen molar-refractivity contribution < 1.29 is 9.90 Å². The fraction of sp³-hybridized carbons (Fsp3) is 0.438. The summed E-state index contributed by atoms with van der Waals surface area (Å²) in [6, 6.07) is 6.28. The highest BCUT2D eigenvalue weighted by Gasteiger charge is 2.28. The van der Waals surface area contributed by atoms with Gasteiger partial charge in [-0.05, 0) is 17.5 Å². The molecule has 2 rings (SSSR count). The molecule has 0 amide bonds. The molecule has 3 nitrogen and oxygen atoms in total. The molecule has 1 heterocycles. The average molecular weight is 259 g/mol. The number of nitrogens with zero attached hydrogens (tertiary/aromatic N) is 1. The van der Waals surface area contributed by atoms with Crippen molar-refractivity contribution in [3.05, 3.63) is 35.5 Å². The molecular formula is C16H21NO2. The number of fused-ring (bicyclic) bond motifs is 1. The molecule has 0 aliphatic rings. The van der Waals surface area contributed by atoms with Crippen LogP contribution in [0.1, 0.15) is 38.3 Å². The van der Waals surface area contributed by atoms with Crippen LogP contribution in [0.15, 0.2) is 24.4 Å². The standard InChI is InChI=1S/C16H21NO2/c1-5-11-7-6-8-12-13(10-17(4)15(11)12)16(2,3)9-14(18)19/h6-8,10H,5,9H2,1-4H3,(H,18,19). The lowest BCUT2D eigenvalue weighted by molar-refractivity contribution is -0.138. The van der Waals surface area contributed by atoms with Crippen molar-refractivity contribution in [2.45, 2.75) is 39.0 Å². The largest absolute Gasteiger partial charge is 0.481 e. The summed E-state index contributed by atoms with van der Waals surface area (Å²) in [6.45, 7) is 6.13. The van der Waals surface area contributed by atoms with E-state index in [0.29, 0.717) is 0 Å². The van der Waals surface area contributed by atoms with Crippen LogP contribution >= 0.6 is 0 Å². The fourth-order valence-corrected chi connectivity index (χ4v) is 2.85. The number of carbonyl (C=O) groups is 1. The summed E-state index contributed by atoms with van der Waals surface area (Å²) in [7, 11) is 2.03. The van der Waals surface area contributed by atoms with E-state index in [-0.39, 0.29) is 11.8 Å². The molecule has 0 spiro atoms. The number of benzene rings is 1. The van der Waals surface area contributed by atoms with Crippen molar-refractivity contribution in [2.75, 3.05) is 0 Å². The molecule has 0 aliphatic carbocycles. The summed E-state index contributed by atoms with van der Waals surface area (Å²) >= 11 is 0. The third kappa shape index (κ3) is 2.37. The van der Waals surface area contributed by atoms with Crippen molar-refractivity contribution in [1.82, 2.24) is 4.57 Å². The molecule has 19 heavy (non-hydrogen) atoms. The van der Waals surface area contributed by atoms with E-state index in [2.05, 4.69) is 35.9 Å².